The van der Waals surface area contributed by atoms with Crippen molar-refractivity contribution in [3.8, 4) is 5.75 Å². The summed E-state index contributed by atoms with van der Waals surface area (Å²) in [5.74, 6) is 0.125. The van der Waals surface area contributed by atoms with Gasteiger partial charge in [0.2, 0.25) is 5.91 Å². The van der Waals surface area contributed by atoms with Crippen LogP contribution in [0.25, 0.3) is 0 Å². The molecule has 2 unspecified atom stereocenters. The van der Waals surface area contributed by atoms with Crippen molar-refractivity contribution in [3.05, 3.63) is 65.2 Å². The fraction of sp³-hybridized carbons (Fsp3) is 0.483. The molecular formula is C29H35N3O6. The van der Waals surface area contributed by atoms with E-state index in [0.717, 1.165) is 18.4 Å². The molecule has 3 aliphatic heterocycles. The Bertz CT molecular complexity index is 1150. The first-order valence-electron chi connectivity index (χ1n) is 13.3. The first-order valence-corrected chi connectivity index (χ1v) is 13.3. The Hall–Kier alpha value is -3.43. The van der Waals surface area contributed by atoms with Gasteiger partial charge in [0.25, 0.3) is 11.8 Å². The van der Waals surface area contributed by atoms with Crippen molar-refractivity contribution in [3.63, 3.8) is 0 Å². The average molecular weight is 522 g/mol. The molecule has 3 saturated heterocycles. The van der Waals surface area contributed by atoms with Crippen LogP contribution in [0.5, 0.6) is 5.75 Å². The van der Waals surface area contributed by atoms with E-state index in [4.69, 9.17) is 14.2 Å². The minimum absolute atomic E-state index is 0.00341. The van der Waals surface area contributed by atoms with Crippen LogP contribution >= 0.6 is 0 Å². The van der Waals surface area contributed by atoms with E-state index >= 15 is 0 Å². The van der Waals surface area contributed by atoms with E-state index in [9.17, 15) is 14.4 Å². The highest BCUT2D eigenvalue weighted by atomic mass is 16.5. The lowest BCUT2D eigenvalue weighted by atomic mass is 9.96. The molecule has 202 valence electrons. The van der Waals surface area contributed by atoms with Crippen molar-refractivity contribution in [1.82, 2.24) is 15.1 Å². The van der Waals surface area contributed by atoms with Crippen LogP contribution in [0.2, 0.25) is 0 Å². The Morgan fingerprint density at radius 3 is 2.29 bits per heavy atom. The number of nitrogens with zero attached hydrogens (tertiary/aromatic N) is 2. The second kappa shape index (κ2) is 11.1. The molecule has 2 atom stereocenters. The van der Waals surface area contributed by atoms with E-state index in [1.165, 1.54) is 0 Å². The SMILES string of the molecule is COc1ccc(C(=O)N2CCC3(CC2)OCC(C(=O)NCC2CCCO2)N3C(=O)c2ccc(C)cc2)cc1. The molecule has 0 radical (unpaired) electrons. The summed E-state index contributed by atoms with van der Waals surface area (Å²) >= 11 is 0. The molecule has 5 rings (SSSR count). The van der Waals surface area contributed by atoms with Crippen LogP contribution in [-0.2, 0) is 14.3 Å². The fourth-order valence-corrected chi connectivity index (χ4v) is 5.52. The lowest BCUT2D eigenvalue weighted by Crippen LogP contribution is -2.60. The fourth-order valence-electron chi connectivity index (χ4n) is 5.52. The van der Waals surface area contributed by atoms with Crippen LogP contribution < -0.4 is 10.1 Å². The number of rotatable bonds is 6. The Balaban J connectivity index is 1.33. The number of benzene rings is 2. The number of methoxy groups -OCH3 is 1. The molecule has 3 amide bonds. The summed E-state index contributed by atoms with van der Waals surface area (Å²) in [6, 6.07) is 13.6. The molecule has 0 bridgehead atoms. The maximum Gasteiger partial charge on any atom is 0.256 e. The summed E-state index contributed by atoms with van der Waals surface area (Å²) in [5.41, 5.74) is 1.18. The van der Waals surface area contributed by atoms with Crippen molar-refractivity contribution < 1.29 is 28.6 Å². The Labute approximate surface area is 223 Å². The zero-order chi connectivity index (χ0) is 26.7. The predicted octanol–water partition coefficient (Wildman–Crippen LogP) is 2.77. The number of hydrogen-bond donors (Lipinski definition) is 1. The second-order valence-corrected chi connectivity index (χ2v) is 10.2. The number of amides is 3. The summed E-state index contributed by atoms with van der Waals surface area (Å²) in [6.07, 6.45) is 2.74. The molecule has 0 saturated carbocycles. The minimum Gasteiger partial charge on any atom is -0.497 e. The first kappa shape index (κ1) is 26.2. The summed E-state index contributed by atoms with van der Waals surface area (Å²) < 4.78 is 17.1. The third-order valence-corrected chi connectivity index (χ3v) is 7.78. The zero-order valence-electron chi connectivity index (χ0n) is 22.0. The summed E-state index contributed by atoms with van der Waals surface area (Å²) in [4.78, 5) is 43.7. The summed E-state index contributed by atoms with van der Waals surface area (Å²) in [5, 5.41) is 2.98. The van der Waals surface area contributed by atoms with E-state index in [1.807, 2.05) is 19.1 Å². The normalized spacial score (nSPS) is 22.5. The number of likely N-dealkylation sites (tertiary alicyclic amines) is 1. The highest BCUT2D eigenvalue weighted by Crippen LogP contribution is 2.39. The van der Waals surface area contributed by atoms with Crippen LogP contribution in [-0.4, -0.2) is 85.3 Å². The molecule has 2 aromatic carbocycles. The van der Waals surface area contributed by atoms with Crippen LogP contribution in [0.4, 0.5) is 0 Å². The van der Waals surface area contributed by atoms with E-state index in [2.05, 4.69) is 5.32 Å². The summed E-state index contributed by atoms with van der Waals surface area (Å²) in [7, 11) is 1.59. The van der Waals surface area contributed by atoms with Crippen LogP contribution in [0, 0.1) is 6.92 Å². The number of hydrogen-bond acceptors (Lipinski definition) is 6. The topological polar surface area (TPSA) is 97.4 Å². The lowest BCUT2D eigenvalue weighted by Gasteiger charge is -2.44. The van der Waals surface area contributed by atoms with Crippen LogP contribution in [0.15, 0.2) is 48.5 Å². The van der Waals surface area contributed by atoms with Crippen LogP contribution in [0.1, 0.15) is 52.0 Å². The maximum atomic E-state index is 13.9. The molecule has 3 fully saturated rings. The molecule has 1 spiro atoms. The number of ether oxygens (including phenoxy) is 3. The van der Waals surface area contributed by atoms with Gasteiger partial charge in [0.15, 0.2) is 0 Å². The number of piperidine rings is 1. The second-order valence-electron chi connectivity index (χ2n) is 10.2. The van der Waals surface area contributed by atoms with Gasteiger partial charge in [-0.15, -0.1) is 0 Å². The van der Waals surface area contributed by atoms with Gasteiger partial charge in [-0.05, 0) is 56.2 Å². The largest absolute Gasteiger partial charge is 0.497 e. The summed E-state index contributed by atoms with van der Waals surface area (Å²) in [6.45, 7) is 4.02. The smallest absolute Gasteiger partial charge is 0.256 e. The monoisotopic (exact) mass is 521 g/mol. The van der Waals surface area contributed by atoms with Crippen molar-refractivity contribution in [1.29, 1.82) is 0 Å². The molecular weight excluding hydrogens is 486 g/mol. The van der Waals surface area contributed by atoms with Crippen molar-refractivity contribution in [2.24, 2.45) is 0 Å². The number of carbonyl (C=O) groups is 3. The van der Waals surface area contributed by atoms with Gasteiger partial charge in [-0.25, -0.2) is 0 Å². The lowest BCUT2D eigenvalue weighted by molar-refractivity contribution is -0.128. The van der Waals surface area contributed by atoms with Gasteiger partial charge < -0.3 is 24.4 Å². The predicted molar refractivity (Wildman–Crippen MR) is 140 cm³/mol. The third-order valence-electron chi connectivity index (χ3n) is 7.78. The highest BCUT2D eigenvalue weighted by molar-refractivity contribution is 5.98. The molecule has 0 aromatic heterocycles. The van der Waals surface area contributed by atoms with Gasteiger partial charge in [-0.1, -0.05) is 17.7 Å². The third kappa shape index (κ3) is 5.26. The van der Waals surface area contributed by atoms with Gasteiger partial charge in [0.1, 0.15) is 17.5 Å². The Morgan fingerprint density at radius 1 is 1.00 bits per heavy atom. The molecule has 3 aliphatic rings. The average Bonchev–Trinajstić information content (AvgIpc) is 3.60. The quantitative estimate of drug-likeness (QED) is 0.628. The molecule has 9 nitrogen and oxygen atoms in total. The molecule has 3 heterocycles. The van der Waals surface area contributed by atoms with Gasteiger partial charge in [-0.3, -0.25) is 19.3 Å². The van der Waals surface area contributed by atoms with E-state index in [0.29, 0.717) is 56.0 Å². The number of nitrogens with one attached hydrogen (secondary N) is 1. The van der Waals surface area contributed by atoms with Crippen molar-refractivity contribution >= 4 is 17.7 Å². The van der Waals surface area contributed by atoms with Crippen molar-refractivity contribution in [2.45, 2.75) is 50.5 Å². The highest BCUT2D eigenvalue weighted by Gasteiger charge is 2.54. The molecule has 1 N–H and O–H groups in total. The molecule has 2 aromatic rings. The van der Waals surface area contributed by atoms with Gasteiger partial charge in [-0.2, -0.15) is 0 Å². The Kier molecular flexibility index (Phi) is 7.67. The van der Waals surface area contributed by atoms with Crippen molar-refractivity contribution in [2.75, 3.05) is 40.0 Å². The number of carbonyl (C=O) groups excluding carboxylic acids is 3. The van der Waals surface area contributed by atoms with Gasteiger partial charge in [0.05, 0.1) is 19.8 Å². The maximum absolute atomic E-state index is 13.9. The van der Waals surface area contributed by atoms with E-state index < -0.39 is 11.8 Å². The Morgan fingerprint density at radius 2 is 1.66 bits per heavy atom. The molecule has 0 aliphatic carbocycles. The zero-order valence-corrected chi connectivity index (χ0v) is 22.0. The minimum atomic E-state index is -0.954. The van der Waals surface area contributed by atoms with Gasteiger partial charge >= 0.3 is 0 Å². The van der Waals surface area contributed by atoms with Crippen LogP contribution in [0.3, 0.4) is 0 Å². The first-order chi connectivity index (χ1) is 18.4. The van der Waals surface area contributed by atoms with E-state index in [-0.39, 0.29) is 30.4 Å². The number of aryl methyl sites for hydroxylation is 1. The molecule has 38 heavy (non-hydrogen) atoms. The van der Waals surface area contributed by atoms with E-state index in [1.54, 1.807) is 53.3 Å². The van der Waals surface area contributed by atoms with Gasteiger partial charge in [0, 0.05) is 50.2 Å². The standard InChI is InChI=1S/C29H35N3O6/c1-20-5-7-22(8-6-20)28(35)32-25(26(33)30-18-24-4-3-17-37-24)19-38-29(32)13-15-31(16-14-29)27(34)21-9-11-23(36-2)12-10-21/h5-12,24-25H,3-4,13-19H2,1-2H3,(H,30,33). The molecule has 9 heteroatoms.